The molecule has 0 bridgehead atoms. The Bertz CT molecular complexity index is 456. The molecular formula is C11H15N3S. The van der Waals surface area contributed by atoms with Crippen molar-refractivity contribution in [3.63, 3.8) is 0 Å². The minimum Gasteiger partial charge on any atom is -0.326 e. The van der Waals surface area contributed by atoms with E-state index in [-0.39, 0.29) is 0 Å². The molecule has 0 spiro atoms. The third kappa shape index (κ3) is 2.11. The zero-order valence-electron chi connectivity index (χ0n) is 9.03. The number of aryl methyl sites for hydroxylation is 2. The molecule has 2 aromatic rings. The van der Waals surface area contributed by atoms with E-state index in [4.69, 9.17) is 5.73 Å². The Balaban J connectivity index is 2.24. The van der Waals surface area contributed by atoms with Crippen molar-refractivity contribution in [2.24, 2.45) is 5.73 Å². The van der Waals surface area contributed by atoms with Crippen molar-refractivity contribution in [2.75, 3.05) is 0 Å². The monoisotopic (exact) mass is 221 g/mol. The van der Waals surface area contributed by atoms with E-state index in [1.807, 2.05) is 16.9 Å². The maximum absolute atomic E-state index is 5.62. The second kappa shape index (κ2) is 4.16. The number of nitrogens with zero attached hydrogens (tertiary/aromatic N) is 2. The van der Waals surface area contributed by atoms with Crippen molar-refractivity contribution < 1.29 is 0 Å². The van der Waals surface area contributed by atoms with Gasteiger partial charge in [0.1, 0.15) is 0 Å². The lowest BCUT2D eigenvalue weighted by molar-refractivity contribution is 0.664. The molecule has 0 aromatic carbocycles. The van der Waals surface area contributed by atoms with E-state index < -0.39 is 0 Å². The summed E-state index contributed by atoms with van der Waals surface area (Å²) in [4.78, 5) is 2.58. The summed E-state index contributed by atoms with van der Waals surface area (Å²) < 4.78 is 2.01. The Morgan fingerprint density at radius 3 is 2.80 bits per heavy atom. The molecule has 2 rings (SSSR count). The van der Waals surface area contributed by atoms with Crippen LogP contribution >= 0.6 is 11.3 Å². The molecule has 0 amide bonds. The van der Waals surface area contributed by atoms with Gasteiger partial charge in [0.25, 0.3) is 0 Å². The summed E-state index contributed by atoms with van der Waals surface area (Å²) in [6, 6.07) is 4.20. The van der Waals surface area contributed by atoms with E-state index in [0.29, 0.717) is 6.54 Å². The summed E-state index contributed by atoms with van der Waals surface area (Å²) in [7, 11) is 0. The highest BCUT2D eigenvalue weighted by molar-refractivity contribution is 7.12. The lowest BCUT2D eigenvalue weighted by Crippen LogP contribution is -2.03. The van der Waals surface area contributed by atoms with Crippen molar-refractivity contribution in [2.45, 2.75) is 26.9 Å². The molecule has 0 aliphatic heterocycles. The Labute approximate surface area is 93.5 Å². The predicted octanol–water partition coefficient (Wildman–Crippen LogP) is 2.07. The molecule has 3 nitrogen and oxygen atoms in total. The second-order valence-electron chi connectivity index (χ2n) is 3.63. The van der Waals surface area contributed by atoms with E-state index in [2.05, 4.69) is 25.0 Å². The molecule has 2 heterocycles. The Morgan fingerprint density at radius 2 is 2.27 bits per heavy atom. The lowest BCUT2D eigenvalue weighted by atomic mass is 10.2. The smallest absolute Gasteiger partial charge is 0.0673 e. The average Bonchev–Trinajstić information content (AvgIpc) is 2.76. The molecule has 0 unspecified atom stereocenters. The molecular weight excluding hydrogens is 206 g/mol. The number of aromatic nitrogens is 2. The van der Waals surface area contributed by atoms with Crippen molar-refractivity contribution in [3.05, 3.63) is 39.3 Å². The first-order chi connectivity index (χ1) is 7.20. The third-order valence-corrected chi connectivity index (χ3v) is 3.64. The molecule has 0 atom stereocenters. The highest BCUT2D eigenvalue weighted by Gasteiger charge is 2.06. The molecule has 80 valence electrons. The van der Waals surface area contributed by atoms with Crippen molar-refractivity contribution in [1.82, 2.24) is 9.78 Å². The number of rotatable bonds is 3. The topological polar surface area (TPSA) is 43.8 Å². The van der Waals surface area contributed by atoms with Crippen molar-refractivity contribution in [1.29, 1.82) is 0 Å². The fraction of sp³-hybridized carbons (Fsp3) is 0.364. The van der Waals surface area contributed by atoms with Gasteiger partial charge in [-0.25, -0.2) is 0 Å². The highest BCUT2D eigenvalue weighted by Crippen LogP contribution is 2.22. The van der Waals surface area contributed by atoms with Crippen LogP contribution in [-0.2, 0) is 13.1 Å². The van der Waals surface area contributed by atoms with Crippen LogP contribution in [0.4, 0.5) is 0 Å². The molecule has 4 heteroatoms. The van der Waals surface area contributed by atoms with Crippen LogP contribution in [0.3, 0.4) is 0 Å². The van der Waals surface area contributed by atoms with E-state index in [1.54, 1.807) is 11.3 Å². The van der Waals surface area contributed by atoms with Gasteiger partial charge in [-0.1, -0.05) is 0 Å². The Hall–Kier alpha value is -1.13. The summed E-state index contributed by atoms with van der Waals surface area (Å²) in [5.74, 6) is 0. The van der Waals surface area contributed by atoms with Gasteiger partial charge >= 0.3 is 0 Å². The van der Waals surface area contributed by atoms with E-state index in [1.165, 1.54) is 21.0 Å². The van der Waals surface area contributed by atoms with Gasteiger partial charge in [-0.3, -0.25) is 4.68 Å². The minimum atomic E-state index is 0.629. The van der Waals surface area contributed by atoms with Gasteiger partial charge in [-0.05, 0) is 31.5 Å². The number of nitrogens with two attached hydrogens (primary N) is 1. The fourth-order valence-electron chi connectivity index (χ4n) is 1.57. The van der Waals surface area contributed by atoms with Crippen molar-refractivity contribution >= 4 is 11.3 Å². The number of thiophene rings is 1. The van der Waals surface area contributed by atoms with Crippen LogP contribution in [0, 0.1) is 13.8 Å². The summed E-state index contributed by atoms with van der Waals surface area (Å²) >= 11 is 1.78. The van der Waals surface area contributed by atoms with Crippen LogP contribution in [0.2, 0.25) is 0 Å². The fourth-order valence-corrected chi connectivity index (χ4v) is 2.50. The molecule has 15 heavy (non-hydrogen) atoms. The molecule has 0 fully saturated rings. The molecule has 0 aliphatic rings. The number of hydrogen-bond acceptors (Lipinski definition) is 3. The molecule has 0 saturated heterocycles. The Morgan fingerprint density at radius 1 is 1.47 bits per heavy atom. The average molecular weight is 221 g/mol. The summed E-state index contributed by atoms with van der Waals surface area (Å²) in [6.07, 6.45) is 1.83. The quantitative estimate of drug-likeness (QED) is 0.862. The minimum absolute atomic E-state index is 0.629. The maximum atomic E-state index is 5.62. The maximum Gasteiger partial charge on any atom is 0.0673 e. The van der Waals surface area contributed by atoms with Gasteiger partial charge in [0.2, 0.25) is 0 Å². The van der Waals surface area contributed by atoms with Gasteiger partial charge in [0, 0.05) is 28.2 Å². The molecule has 0 saturated carbocycles. The standard InChI is InChI=1S/C11H15N3S/c1-8-3-4-13-14(8)7-10-5-11(6-12)15-9(10)2/h3-5H,6-7,12H2,1-2H3. The first-order valence-corrected chi connectivity index (χ1v) is 5.79. The molecule has 2 N–H and O–H groups in total. The van der Waals surface area contributed by atoms with Gasteiger partial charge < -0.3 is 5.73 Å². The van der Waals surface area contributed by atoms with Crippen LogP contribution < -0.4 is 5.73 Å². The van der Waals surface area contributed by atoms with Gasteiger partial charge in [-0.2, -0.15) is 5.10 Å². The van der Waals surface area contributed by atoms with Crippen LogP contribution in [0.1, 0.15) is 21.0 Å². The largest absolute Gasteiger partial charge is 0.326 e. The third-order valence-electron chi connectivity index (χ3n) is 2.52. The number of hydrogen-bond donors (Lipinski definition) is 1. The van der Waals surface area contributed by atoms with Crippen LogP contribution in [0.15, 0.2) is 18.3 Å². The van der Waals surface area contributed by atoms with Crippen LogP contribution in [0.5, 0.6) is 0 Å². The first kappa shape index (κ1) is 10.4. The zero-order valence-corrected chi connectivity index (χ0v) is 9.84. The lowest BCUT2D eigenvalue weighted by Gasteiger charge is -2.03. The first-order valence-electron chi connectivity index (χ1n) is 4.97. The van der Waals surface area contributed by atoms with Gasteiger partial charge in [-0.15, -0.1) is 11.3 Å². The second-order valence-corrected chi connectivity index (χ2v) is 4.97. The van der Waals surface area contributed by atoms with Crippen LogP contribution in [0.25, 0.3) is 0 Å². The van der Waals surface area contributed by atoms with E-state index >= 15 is 0 Å². The van der Waals surface area contributed by atoms with Gasteiger partial charge in [0.05, 0.1) is 6.54 Å². The van der Waals surface area contributed by atoms with E-state index in [0.717, 1.165) is 6.54 Å². The molecule has 0 aliphatic carbocycles. The Kier molecular flexibility index (Phi) is 2.88. The summed E-state index contributed by atoms with van der Waals surface area (Å²) in [5.41, 5.74) is 8.14. The summed E-state index contributed by atoms with van der Waals surface area (Å²) in [5, 5.41) is 4.28. The SMILES string of the molecule is Cc1sc(CN)cc1Cn1nccc1C. The summed E-state index contributed by atoms with van der Waals surface area (Å²) in [6.45, 7) is 5.68. The molecule has 2 aromatic heterocycles. The zero-order chi connectivity index (χ0) is 10.8. The normalized spacial score (nSPS) is 10.9. The van der Waals surface area contributed by atoms with Crippen molar-refractivity contribution in [3.8, 4) is 0 Å². The van der Waals surface area contributed by atoms with Gasteiger partial charge in [0.15, 0.2) is 0 Å². The molecule has 0 radical (unpaired) electrons. The predicted molar refractivity (Wildman–Crippen MR) is 63.0 cm³/mol. The van der Waals surface area contributed by atoms with E-state index in [9.17, 15) is 0 Å². The van der Waals surface area contributed by atoms with Crippen LogP contribution in [-0.4, -0.2) is 9.78 Å². The highest BCUT2D eigenvalue weighted by atomic mass is 32.1.